The molecule has 25 heavy (non-hydrogen) atoms. The van der Waals surface area contributed by atoms with Gasteiger partial charge in [0.25, 0.3) is 0 Å². The van der Waals surface area contributed by atoms with E-state index in [0.717, 1.165) is 37.0 Å². The second kappa shape index (κ2) is 8.56. The van der Waals surface area contributed by atoms with Crippen molar-refractivity contribution < 1.29 is 14.6 Å². The Labute approximate surface area is 151 Å². The summed E-state index contributed by atoms with van der Waals surface area (Å²) in [5, 5.41) is 15.5. The van der Waals surface area contributed by atoms with Crippen molar-refractivity contribution in [2.75, 3.05) is 13.7 Å². The van der Waals surface area contributed by atoms with E-state index >= 15 is 0 Å². The van der Waals surface area contributed by atoms with Gasteiger partial charge in [0.1, 0.15) is 5.75 Å². The number of aliphatic hydroxyl groups is 1. The van der Waals surface area contributed by atoms with Crippen molar-refractivity contribution in [1.82, 2.24) is 10.6 Å². The molecule has 0 radical (unpaired) electrons. The Hall–Kier alpha value is -1.75. The van der Waals surface area contributed by atoms with E-state index in [0.29, 0.717) is 5.92 Å². The molecule has 5 heteroatoms. The van der Waals surface area contributed by atoms with E-state index in [1.165, 1.54) is 0 Å². The van der Waals surface area contributed by atoms with Gasteiger partial charge >= 0.3 is 6.03 Å². The van der Waals surface area contributed by atoms with Gasteiger partial charge < -0.3 is 20.5 Å². The Bertz CT molecular complexity index is 560. The number of para-hydroxylation sites is 1. The molecule has 1 aromatic carbocycles. The van der Waals surface area contributed by atoms with Crippen molar-refractivity contribution in [1.29, 1.82) is 0 Å². The van der Waals surface area contributed by atoms with E-state index in [9.17, 15) is 9.90 Å². The number of carbonyl (C=O) groups excluding carboxylic acids is 1. The van der Waals surface area contributed by atoms with Crippen LogP contribution in [0.2, 0.25) is 0 Å². The first-order valence-electron chi connectivity index (χ1n) is 9.16. The minimum Gasteiger partial charge on any atom is -0.496 e. The van der Waals surface area contributed by atoms with Gasteiger partial charge in [-0.3, -0.25) is 0 Å². The summed E-state index contributed by atoms with van der Waals surface area (Å²) < 4.78 is 5.48. The summed E-state index contributed by atoms with van der Waals surface area (Å²) >= 11 is 0. The Morgan fingerprint density at radius 2 is 1.88 bits per heavy atom. The molecule has 0 bridgehead atoms. The number of ether oxygens (including phenoxy) is 1. The molecule has 1 aliphatic carbocycles. The number of rotatable bonds is 5. The van der Waals surface area contributed by atoms with E-state index in [2.05, 4.69) is 31.4 Å². The van der Waals surface area contributed by atoms with Gasteiger partial charge in [0.2, 0.25) is 0 Å². The summed E-state index contributed by atoms with van der Waals surface area (Å²) in [5.41, 5.74) is 0.831. The first-order valence-corrected chi connectivity index (χ1v) is 9.16. The van der Waals surface area contributed by atoms with Crippen LogP contribution in [0.1, 0.15) is 58.1 Å². The van der Waals surface area contributed by atoms with Gasteiger partial charge in [-0.2, -0.15) is 0 Å². The predicted molar refractivity (Wildman–Crippen MR) is 99.7 cm³/mol. The second-order valence-electron chi connectivity index (χ2n) is 8.06. The molecular weight excluding hydrogens is 316 g/mol. The molecule has 2 amide bonds. The third kappa shape index (κ3) is 5.36. The average molecular weight is 348 g/mol. The van der Waals surface area contributed by atoms with Crippen LogP contribution in [0.3, 0.4) is 0 Å². The van der Waals surface area contributed by atoms with Crippen LogP contribution >= 0.6 is 0 Å². The van der Waals surface area contributed by atoms with E-state index in [-0.39, 0.29) is 30.1 Å². The number of aliphatic hydroxyl groups excluding tert-OH is 1. The third-order valence-electron chi connectivity index (χ3n) is 5.03. The minimum absolute atomic E-state index is 0.140. The molecule has 0 aliphatic heterocycles. The molecule has 1 aliphatic rings. The van der Waals surface area contributed by atoms with Gasteiger partial charge in [0.05, 0.1) is 13.2 Å². The van der Waals surface area contributed by atoms with Gasteiger partial charge in [-0.15, -0.1) is 0 Å². The molecule has 0 saturated heterocycles. The Balaban J connectivity index is 2.04. The number of amides is 2. The maximum absolute atomic E-state index is 12.6. The quantitative estimate of drug-likeness (QED) is 0.761. The first kappa shape index (κ1) is 19.6. The number of hydrogen-bond donors (Lipinski definition) is 3. The topological polar surface area (TPSA) is 70.6 Å². The highest BCUT2D eigenvalue weighted by Crippen LogP contribution is 2.37. The lowest BCUT2D eigenvalue weighted by atomic mass is 9.82. The largest absolute Gasteiger partial charge is 0.496 e. The number of hydrogen-bond acceptors (Lipinski definition) is 3. The van der Waals surface area contributed by atoms with Crippen molar-refractivity contribution in [3.8, 4) is 5.75 Å². The first-order chi connectivity index (χ1) is 11.8. The monoisotopic (exact) mass is 348 g/mol. The fraction of sp³-hybridized carbons (Fsp3) is 0.650. The van der Waals surface area contributed by atoms with E-state index < -0.39 is 0 Å². The molecule has 140 valence electrons. The Morgan fingerprint density at radius 1 is 1.24 bits per heavy atom. The minimum atomic E-state index is -0.155. The molecule has 5 nitrogen and oxygen atoms in total. The Morgan fingerprint density at radius 3 is 2.44 bits per heavy atom. The summed E-state index contributed by atoms with van der Waals surface area (Å²) in [6, 6.07) is 7.70. The number of benzene rings is 1. The summed E-state index contributed by atoms with van der Waals surface area (Å²) in [6.07, 6.45) is 3.79. The maximum atomic E-state index is 12.6. The molecule has 1 atom stereocenters. The maximum Gasteiger partial charge on any atom is 0.315 e. The summed E-state index contributed by atoms with van der Waals surface area (Å²) in [7, 11) is 1.65. The van der Waals surface area contributed by atoms with E-state index in [4.69, 9.17) is 4.74 Å². The number of nitrogens with one attached hydrogen (secondary N) is 2. The van der Waals surface area contributed by atoms with Crippen LogP contribution in [0.4, 0.5) is 4.79 Å². The van der Waals surface area contributed by atoms with Crippen LogP contribution in [0, 0.1) is 11.3 Å². The molecule has 3 N–H and O–H groups in total. The normalized spacial score (nSPS) is 22.1. The molecule has 1 unspecified atom stereocenters. The lowest BCUT2D eigenvalue weighted by Crippen LogP contribution is -2.47. The second-order valence-corrected chi connectivity index (χ2v) is 8.06. The standard InChI is InChI=1S/C20H32N2O3/c1-20(2,3)18(16-7-5-6-8-17(16)25-4)22-19(24)21-15-11-9-14(13-23)10-12-15/h5-8,14-15,18,23H,9-13H2,1-4H3,(H2,21,22,24). The van der Waals surface area contributed by atoms with Gasteiger partial charge in [0, 0.05) is 18.2 Å². The van der Waals surface area contributed by atoms with E-state index in [1.807, 2.05) is 24.3 Å². The molecule has 1 saturated carbocycles. The predicted octanol–water partition coefficient (Wildman–Crippen LogP) is 3.63. The van der Waals surface area contributed by atoms with Crippen molar-refractivity contribution in [3.05, 3.63) is 29.8 Å². The van der Waals surface area contributed by atoms with Crippen LogP contribution in [0.5, 0.6) is 5.75 Å². The van der Waals surface area contributed by atoms with Gasteiger partial charge in [-0.1, -0.05) is 39.0 Å². The number of carbonyl (C=O) groups is 1. The number of methoxy groups -OCH3 is 1. The van der Waals surface area contributed by atoms with Crippen molar-refractivity contribution >= 4 is 6.03 Å². The zero-order chi connectivity index (χ0) is 18.4. The van der Waals surface area contributed by atoms with Gasteiger partial charge in [0.15, 0.2) is 0 Å². The molecule has 0 spiro atoms. The molecule has 2 rings (SSSR count). The molecule has 0 heterocycles. The molecule has 1 fully saturated rings. The van der Waals surface area contributed by atoms with Crippen molar-refractivity contribution in [3.63, 3.8) is 0 Å². The highest BCUT2D eigenvalue weighted by Gasteiger charge is 2.31. The SMILES string of the molecule is COc1ccccc1C(NC(=O)NC1CCC(CO)CC1)C(C)(C)C. The highest BCUT2D eigenvalue weighted by atomic mass is 16.5. The van der Waals surface area contributed by atoms with E-state index in [1.54, 1.807) is 7.11 Å². The fourth-order valence-corrected chi connectivity index (χ4v) is 3.51. The molecule has 0 aromatic heterocycles. The fourth-order valence-electron chi connectivity index (χ4n) is 3.51. The zero-order valence-electron chi connectivity index (χ0n) is 15.8. The van der Waals surface area contributed by atoms with Gasteiger partial charge in [-0.25, -0.2) is 4.79 Å². The van der Waals surface area contributed by atoms with Crippen LogP contribution in [0.25, 0.3) is 0 Å². The third-order valence-corrected chi connectivity index (χ3v) is 5.03. The van der Waals surface area contributed by atoms with Crippen molar-refractivity contribution in [2.24, 2.45) is 11.3 Å². The summed E-state index contributed by atoms with van der Waals surface area (Å²) in [4.78, 5) is 12.6. The molecule has 1 aromatic rings. The van der Waals surface area contributed by atoms with Crippen LogP contribution in [-0.4, -0.2) is 30.9 Å². The van der Waals surface area contributed by atoms with Crippen LogP contribution in [-0.2, 0) is 0 Å². The van der Waals surface area contributed by atoms with Crippen LogP contribution < -0.4 is 15.4 Å². The Kier molecular flexibility index (Phi) is 6.71. The lowest BCUT2D eigenvalue weighted by molar-refractivity contribution is 0.172. The van der Waals surface area contributed by atoms with Gasteiger partial charge in [-0.05, 0) is 43.1 Å². The zero-order valence-corrected chi connectivity index (χ0v) is 15.8. The summed E-state index contributed by atoms with van der Waals surface area (Å²) in [5.74, 6) is 1.17. The lowest BCUT2D eigenvalue weighted by Gasteiger charge is -2.34. The average Bonchev–Trinajstić information content (AvgIpc) is 2.59. The number of urea groups is 1. The molecular formula is C20H32N2O3. The highest BCUT2D eigenvalue weighted by molar-refractivity contribution is 5.75. The summed E-state index contributed by atoms with van der Waals surface area (Å²) in [6.45, 7) is 6.57. The smallest absolute Gasteiger partial charge is 0.315 e. The van der Waals surface area contributed by atoms with Crippen molar-refractivity contribution in [2.45, 2.75) is 58.5 Å². The van der Waals surface area contributed by atoms with Crippen LogP contribution in [0.15, 0.2) is 24.3 Å².